The number of nitrogens with one attached hydrogen (secondary N) is 1. The van der Waals surface area contributed by atoms with E-state index in [4.69, 9.17) is 4.42 Å². The van der Waals surface area contributed by atoms with Gasteiger partial charge in [-0.15, -0.1) is 0 Å². The molecule has 1 aromatic rings. The Labute approximate surface area is 104 Å². The average molecular weight is 233 g/mol. The molecule has 2 aliphatic rings. The molecule has 3 rings (SSSR count). The Balaban J connectivity index is 1.66. The maximum atomic E-state index is 5.27. The van der Waals surface area contributed by atoms with Gasteiger partial charge in [-0.3, -0.25) is 0 Å². The first-order valence-electron chi connectivity index (χ1n) is 7.19. The van der Waals surface area contributed by atoms with E-state index < -0.39 is 0 Å². The SMILES string of the molecule is c1cc(C2CCCCCC2CNC2CC2)co1. The first-order chi connectivity index (χ1) is 8.43. The largest absolute Gasteiger partial charge is 0.472 e. The molecular weight excluding hydrogens is 210 g/mol. The van der Waals surface area contributed by atoms with Gasteiger partial charge in [-0.05, 0) is 55.7 Å². The molecule has 0 aromatic carbocycles. The van der Waals surface area contributed by atoms with Gasteiger partial charge < -0.3 is 9.73 Å². The van der Waals surface area contributed by atoms with Gasteiger partial charge >= 0.3 is 0 Å². The highest BCUT2D eigenvalue weighted by molar-refractivity contribution is 5.14. The lowest BCUT2D eigenvalue weighted by atomic mass is 9.83. The summed E-state index contributed by atoms with van der Waals surface area (Å²) < 4.78 is 5.27. The van der Waals surface area contributed by atoms with Crippen LogP contribution in [0.5, 0.6) is 0 Å². The minimum Gasteiger partial charge on any atom is -0.472 e. The Hall–Kier alpha value is -0.760. The normalized spacial score (nSPS) is 30.1. The summed E-state index contributed by atoms with van der Waals surface area (Å²) in [4.78, 5) is 0. The lowest BCUT2D eigenvalue weighted by Gasteiger charge is -2.24. The van der Waals surface area contributed by atoms with Crippen LogP contribution in [-0.4, -0.2) is 12.6 Å². The summed E-state index contributed by atoms with van der Waals surface area (Å²) in [6.07, 6.45) is 13.5. The molecule has 0 spiro atoms. The summed E-state index contributed by atoms with van der Waals surface area (Å²) in [5, 5.41) is 3.72. The summed E-state index contributed by atoms with van der Waals surface area (Å²) in [7, 11) is 0. The van der Waals surface area contributed by atoms with Crippen LogP contribution in [0.15, 0.2) is 23.0 Å². The average Bonchev–Trinajstić information content (AvgIpc) is 3.08. The van der Waals surface area contributed by atoms with Gasteiger partial charge in [0.05, 0.1) is 12.5 Å². The number of rotatable bonds is 4. The Morgan fingerprint density at radius 3 is 2.76 bits per heavy atom. The highest BCUT2D eigenvalue weighted by Gasteiger charge is 2.28. The van der Waals surface area contributed by atoms with Crippen LogP contribution in [0.25, 0.3) is 0 Å². The molecule has 0 amide bonds. The van der Waals surface area contributed by atoms with Crippen molar-refractivity contribution in [3.05, 3.63) is 24.2 Å². The second-order valence-corrected chi connectivity index (χ2v) is 5.74. The Morgan fingerprint density at radius 2 is 2.00 bits per heavy atom. The van der Waals surface area contributed by atoms with Gasteiger partial charge in [-0.2, -0.15) is 0 Å². The summed E-state index contributed by atoms with van der Waals surface area (Å²) in [5.41, 5.74) is 1.43. The molecule has 94 valence electrons. The van der Waals surface area contributed by atoms with Crippen LogP contribution in [0.2, 0.25) is 0 Å². The molecule has 2 saturated carbocycles. The van der Waals surface area contributed by atoms with Crippen LogP contribution >= 0.6 is 0 Å². The third-order valence-electron chi connectivity index (χ3n) is 4.38. The van der Waals surface area contributed by atoms with E-state index in [1.54, 1.807) is 0 Å². The molecule has 0 radical (unpaired) electrons. The number of hydrogen-bond acceptors (Lipinski definition) is 2. The number of furan rings is 1. The summed E-state index contributed by atoms with van der Waals surface area (Å²) in [6, 6.07) is 3.00. The zero-order chi connectivity index (χ0) is 11.5. The van der Waals surface area contributed by atoms with Gasteiger partial charge in [0.1, 0.15) is 0 Å². The van der Waals surface area contributed by atoms with Crippen LogP contribution in [0.4, 0.5) is 0 Å². The van der Waals surface area contributed by atoms with Crippen LogP contribution in [0.3, 0.4) is 0 Å². The second kappa shape index (κ2) is 5.26. The molecule has 2 nitrogen and oxygen atoms in total. The van der Waals surface area contributed by atoms with Crippen molar-refractivity contribution in [3.63, 3.8) is 0 Å². The molecule has 2 fully saturated rings. The molecule has 2 unspecified atom stereocenters. The van der Waals surface area contributed by atoms with Crippen LogP contribution < -0.4 is 5.32 Å². The van der Waals surface area contributed by atoms with Crippen molar-refractivity contribution in [2.45, 2.75) is 56.9 Å². The van der Waals surface area contributed by atoms with E-state index in [2.05, 4.69) is 11.4 Å². The van der Waals surface area contributed by atoms with Crippen molar-refractivity contribution in [2.75, 3.05) is 6.54 Å². The molecule has 0 aliphatic heterocycles. The maximum absolute atomic E-state index is 5.27. The molecule has 1 N–H and O–H groups in total. The van der Waals surface area contributed by atoms with Crippen molar-refractivity contribution in [3.8, 4) is 0 Å². The molecule has 2 atom stereocenters. The molecule has 1 heterocycles. The predicted molar refractivity (Wildman–Crippen MR) is 69.0 cm³/mol. The predicted octanol–water partition coefficient (Wildman–Crippen LogP) is 3.70. The highest BCUT2D eigenvalue weighted by Crippen LogP contribution is 2.36. The quantitative estimate of drug-likeness (QED) is 0.802. The minimum absolute atomic E-state index is 0.725. The zero-order valence-corrected chi connectivity index (χ0v) is 10.5. The van der Waals surface area contributed by atoms with E-state index >= 15 is 0 Å². The minimum atomic E-state index is 0.725. The summed E-state index contributed by atoms with van der Waals surface area (Å²) in [5.74, 6) is 1.54. The van der Waals surface area contributed by atoms with Crippen molar-refractivity contribution < 1.29 is 4.42 Å². The fourth-order valence-corrected chi connectivity index (χ4v) is 3.16. The Morgan fingerprint density at radius 1 is 1.12 bits per heavy atom. The van der Waals surface area contributed by atoms with Gasteiger partial charge in [0.15, 0.2) is 0 Å². The Bertz CT molecular complexity index is 329. The van der Waals surface area contributed by atoms with Gasteiger partial charge in [-0.25, -0.2) is 0 Å². The van der Waals surface area contributed by atoms with Gasteiger partial charge in [-0.1, -0.05) is 19.3 Å². The van der Waals surface area contributed by atoms with E-state index in [0.29, 0.717) is 0 Å². The van der Waals surface area contributed by atoms with E-state index in [9.17, 15) is 0 Å². The fourth-order valence-electron chi connectivity index (χ4n) is 3.16. The van der Waals surface area contributed by atoms with Gasteiger partial charge in [0, 0.05) is 6.04 Å². The van der Waals surface area contributed by atoms with E-state index in [-0.39, 0.29) is 0 Å². The van der Waals surface area contributed by atoms with Crippen molar-refractivity contribution >= 4 is 0 Å². The van der Waals surface area contributed by atoms with E-state index in [1.165, 1.54) is 57.1 Å². The van der Waals surface area contributed by atoms with Gasteiger partial charge in [0.2, 0.25) is 0 Å². The lowest BCUT2D eigenvalue weighted by Crippen LogP contribution is -2.28. The molecule has 0 saturated heterocycles. The fraction of sp³-hybridized carbons (Fsp3) is 0.733. The maximum Gasteiger partial charge on any atom is 0.0937 e. The molecule has 1 aromatic heterocycles. The third kappa shape index (κ3) is 2.92. The molecule has 2 heteroatoms. The van der Waals surface area contributed by atoms with Crippen LogP contribution in [0.1, 0.15) is 56.4 Å². The number of hydrogen-bond donors (Lipinski definition) is 1. The summed E-state index contributed by atoms with van der Waals surface area (Å²) >= 11 is 0. The van der Waals surface area contributed by atoms with Crippen molar-refractivity contribution in [1.82, 2.24) is 5.32 Å². The second-order valence-electron chi connectivity index (χ2n) is 5.74. The van der Waals surface area contributed by atoms with Crippen molar-refractivity contribution in [1.29, 1.82) is 0 Å². The standard InChI is InChI=1S/C15H23NO/c1-2-4-12(10-16-14-6-7-14)15(5-3-1)13-8-9-17-11-13/h8-9,11-12,14-16H,1-7,10H2. The van der Waals surface area contributed by atoms with E-state index in [1.807, 2.05) is 12.5 Å². The summed E-state index contributed by atoms with van der Waals surface area (Å²) in [6.45, 7) is 1.21. The molecule has 0 bridgehead atoms. The monoisotopic (exact) mass is 233 g/mol. The smallest absolute Gasteiger partial charge is 0.0937 e. The van der Waals surface area contributed by atoms with Crippen LogP contribution in [0, 0.1) is 5.92 Å². The Kier molecular flexibility index (Phi) is 3.51. The van der Waals surface area contributed by atoms with Crippen molar-refractivity contribution in [2.24, 2.45) is 5.92 Å². The molecule has 2 aliphatic carbocycles. The topological polar surface area (TPSA) is 25.2 Å². The third-order valence-corrected chi connectivity index (χ3v) is 4.38. The first kappa shape index (κ1) is 11.3. The first-order valence-corrected chi connectivity index (χ1v) is 7.19. The van der Waals surface area contributed by atoms with Gasteiger partial charge in [0.25, 0.3) is 0 Å². The van der Waals surface area contributed by atoms with E-state index in [0.717, 1.165) is 17.9 Å². The molecular formula is C15H23NO. The van der Waals surface area contributed by atoms with Crippen LogP contribution in [-0.2, 0) is 0 Å². The zero-order valence-electron chi connectivity index (χ0n) is 10.5. The molecule has 17 heavy (non-hydrogen) atoms. The highest BCUT2D eigenvalue weighted by atomic mass is 16.3. The lowest BCUT2D eigenvalue weighted by molar-refractivity contribution is 0.372.